The van der Waals surface area contributed by atoms with Gasteiger partial charge in [-0.15, -0.1) is 0 Å². The molecular weight excluding hydrogens is 325 g/mol. The Bertz CT molecular complexity index is 529. The van der Waals surface area contributed by atoms with E-state index in [1.807, 2.05) is 0 Å². The normalized spacial score (nSPS) is 17.9. The van der Waals surface area contributed by atoms with Crippen LogP contribution in [0.3, 0.4) is 0 Å². The van der Waals surface area contributed by atoms with Crippen LogP contribution in [0.15, 0.2) is 27.6 Å². The molecule has 2 rings (SSSR count). The number of sulfonamides is 1. The zero-order chi connectivity index (χ0) is 13.2. The number of ether oxygens (including phenoxy) is 1. The Balaban J connectivity index is 2.19. The number of hydrogen-bond acceptors (Lipinski definition) is 3. The first-order valence-corrected chi connectivity index (χ1v) is 7.82. The molecule has 1 aromatic carbocycles. The first kappa shape index (κ1) is 13.9. The lowest BCUT2D eigenvalue weighted by atomic mass is 10.1. The van der Waals surface area contributed by atoms with Gasteiger partial charge in [-0.3, -0.25) is 0 Å². The molecule has 7 heteroatoms. The minimum atomic E-state index is -3.81. The van der Waals surface area contributed by atoms with E-state index in [1.54, 1.807) is 0 Å². The Hall–Kier alpha value is -0.500. The summed E-state index contributed by atoms with van der Waals surface area (Å²) < 4.78 is 45.8. The van der Waals surface area contributed by atoms with Crippen LogP contribution < -0.4 is 4.72 Å². The van der Waals surface area contributed by atoms with Crippen LogP contribution in [0.4, 0.5) is 4.39 Å². The van der Waals surface area contributed by atoms with E-state index in [-0.39, 0.29) is 10.9 Å². The van der Waals surface area contributed by atoms with Crippen molar-refractivity contribution < 1.29 is 17.5 Å². The first-order chi connectivity index (χ1) is 8.49. The maximum absolute atomic E-state index is 13.6. The fraction of sp³-hybridized carbons (Fsp3) is 0.455. The minimum absolute atomic E-state index is 0.188. The van der Waals surface area contributed by atoms with Gasteiger partial charge in [-0.1, -0.05) is 15.9 Å². The van der Waals surface area contributed by atoms with Crippen molar-refractivity contribution >= 4 is 26.0 Å². The standard InChI is InChI=1S/C11H13BrFNO3S/c12-8-1-2-11(10(13)7-8)18(15,16)14-9-3-5-17-6-4-9/h1-2,7,9,14H,3-6H2. The van der Waals surface area contributed by atoms with Crippen LogP contribution in [0.5, 0.6) is 0 Å². The first-order valence-electron chi connectivity index (χ1n) is 5.54. The van der Waals surface area contributed by atoms with Crippen LogP contribution in [-0.4, -0.2) is 27.7 Å². The third-order valence-corrected chi connectivity index (χ3v) is 4.77. The van der Waals surface area contributed by atoms with Gasteiger partial charge in [-0.05, 0) is 31.0 Å². The molecule has 1 aliphatic heterocycles. The number of nitrogens with one attached hydrogen (secondary N) is 1. The molecule has 1 heterocycles. The zero-order valence-electron chi connectivity index (χ0n) is 9.53. The molecule has 100 valence electrons. The van der Waals surface area contributed by atoms with Crippen molar-refractivity contribution in [3.05, 3.63) is 28.5 Å². The van der Waals surface area contributed by atoms with Crippen LogP contribution in [0.1, 0.15) is 12.8 Å². The summed E-state index contributed by atoms with van der Waals surface area (Å²) in [6.45, 7) is 1.05. The van der Waals surface area contributed by atoms with Gasteiger partial charge in [0, 0.05) is 23.7 Å². The number of halogens is 2. The van der Waals surface area contributed by atoms with Gasteiger partial charge >= 0.3 is 0 Å². The Morgan fingerprint density at radius 1 is 1.33 bits per heavy atom. The topological polar surface area (TPSA) is 55.4 Å². The molecule has 1 aliphatic rings. The molecule has 0 aromatic heterocycles. The van der Waals surface area contributed by atoms with E-state index in [0.29, 0.717) is 30.5 Å². The van der Waals surface area contributed by atoms with E-state index in [2.05, 4.69) is 20.7 Å². The van der Waals surface area contributed by atoms with Crippen LogP contribution in [0, 0.1) is 5.82 Å². The Morgan fingerprint density at radius 3 is 2.61 bits per heavy atom. The highest BCUT2D eigenvalue weighted by molar-refractivity contribution is 9.10. The highest BCUT2D eigenvalue weighted by atomic mass is 79.9. The van der Waals surface area contributed by atoms with E-state index in [4.69, 9.17) is 4.74 Å². The van der Waals surface area contributed by atoms with Crippen molar-refractivity contribution in [2.45, 2.75) is 23.8 Å². The molecule has 4 nitrogen and oxygen atoms in total. The van der Waals surface area contributed by atoms with Crippen molar-refractivity contribution in [1.29, 1.82) is 0 Å². The van der Waals surface area contributed by atoms with E-state index in [0.717, 1.165) is 6.07 Å². The van der Waals surface area contributed by atoms with Gasteiger partial charge < -0.3 is 4.74 Å². The Kier molecular flexibility index (Phi) is 4.37. The summed E-state index contributed by atoms with van der Waals surface area (Å²) in [4.78, 5) is -0.322. The maximum atomic E-state index is 13.6. The fourth-order valence-electron chi connectivity index (χ4n) is 1.79. The zero-order valence-corrected chi connectivity index (χ0v) is 11.9. The van der Waals surface area contributed by atoms with Crippen molar-refractivity contribution in [3.8, 4) is 0 Å². The molecule has 0 atom stereocenters. The van der Waals surface area contributed by atoms with Crippen LogP contribution in [0.25, 0.3) is 0 Å². The van der Waals surface area contributed by atoms with Crippen molar-refractivity contribution in [2.24, 2.45) is 0 Å². The average molecular weight is 338 g/mol. The van der Waals surface area contributed by atoms with Crippen molar-refractivity contribution in [3.63, 3.8) is 0 Å². The van der Waals surface area contributed by atoms with Gasteiger partial charge in [0.05, 0.1) is 0 Å². The third kappa shape index (κ3) is 3.28. The van der Waals surface area contributed by atoms with Crippen LogP contribution in [0.2, 0.25) is 0 Å². The molecule has 1 saturated heterocycles. The van der Waals surface area contributed by atoms with Crippen LogP contribution in [-0.2, 0) is 14.8 Å². The number of rotatable bonds is 3. The molecule has 0 aliphatic carbocycles. The van der Waals surface area contributed by atoms with E-state index in [9.17, 15) is 12.8 Å². The SMILES string of the molecule is O=S(=O)(NC1CCOCC1)c1ccc(Br)cc1F. The number of hydrogen-bond donors (Lipinski definition) is 1. The lowest BCUT2D eigenvalue weighted by molar-refractivity contribution is 0.0832. The molecular formula is C11H13BrFNO3S. The summed E-state index contributed by atoms with van der Waals surface area (Å²) >= 11 is 3.09. The molecule has 0 amide bonds. The predicted molar refractivity (Wildman–Crippen MR) is 68.3 cm³/mol. The minimum Gasteiger partial charge on any atom is -0.381 e. The van der Waals surface area contributed by atoms with E-state index in [1.165, 1.54) is 12.1 Å². The van der Waals surface area contributed by atoms with Gasteiger partial charge in [-0.25, -0.2) is 17.5 Å². The van der Waals surface area contributed by atoms with Gasteiger partial charge in [0.2, 0.25) is 10.0 Å². The molecule has 1 N–H and O–H groups in total. The largest absolute Gasteiger partial charge is 0.381 e. The van der Waals surface area contributed by atoms with Crippen molar-refractivity contribution in [2.75, 3.05) is 13.2 Å². The Labute approximate surface area is 114 Å². The monoisotopic (exact) mass is 337 g/mol. The van der Waals surface area contributed by atoms with Gasteiger partial charge in [0.1, 0.15) is 10.7 Å². The predicted octanol–water partition coefficient (Wildman–Crippen LogP) is 2.05. The summed E-state index contributed by atoms with van der Waals surface area (Å²) in [6, 6.07) is 3.70. The summed E-state index contributed by atoms with van der Waals surface area (Å²) in [5.74, 6) is -0.760. The molecule has 18 heavy (non-hydrogen) atoms. The highest BCUT2D eigenvalue weighted by Gasteiger charge is 2.24. The molecule has 0 unspecified atom stereocenters. The van der Waals surface area contributed by atoms with Crippen molar-refractivity contribution in [1.82, 2.24) is 4.72 Å². The molecule has 0 spiro atoms. The maximum Gasteiger partial charge on any atom is 0.243 e. The Morgan fingerprint density at radius 2 is 2.00 bits per heavy atom. The lowest BCUT2D eigenvalue weighted by Crippen LogP contribution is -2.39. The summed E-state index contributed by atoms with van der Waals surface area (Å²) in [7, 11) is -3.81. The van der Waals surface area contributed by atoms with E-state index >= 15 is 0 Å². The summed E-state index contributed by atoms with van der Waals surface area (Å²) in [5, 5.41) is 0. The van der Waals surface area contributed by atoms with Gasteiger partial charge in [-0.2, -0.15) is 0 Å². The molecule has 1 aromatic rings. The number of benzene rings is 1. The van der Waals surface area contributed by atoms with Gasteiger partial charge in [0.25, 0.3) is 0 Å². The van der Waals surface area contributed by atoms with E-state index < -0.39 is 15.8 Å². The lowest BCUT2D eigenvalue weighted by Gasteiger charge is -2.23. The average Bonchev–Trinajstić information content (AvgIpc) is 2.29. The second-order valence-electron chi connectivity index (χ2n) is 4.08. The molecule has 0 bridgehead atoms. The quantitative estimate of drug-likeness (QED) is 0.918. The molecule has 0 saturated carbocycles. The molecule has 1 fully saturated rings. The fourth-order valence-corrected chi connectivity index (χ4v) is 3.49. The van der Waals surface area contributed by atoms with Crippen LogP contribution >= 0.6 is 15.9 Å². The summed E-state index contributed by atoms with van der Waals surface area (Å²) in [6.07, 6.45) is 1.22. The third-order valence-electron chi connectivity index (χ3n) is 2.73. The van der Waals surface area contributed by atoms with Gasteiger partial charge in [0.15, 0.2) is 0 Å². The second-order valence-corrected chi connectivity index (χ2v) is 6.68. The highest BCUT2D eigenvalue weighted by Crippen LogP contribution is 2.20. The second kappa shape index (κ2) is 5.64. The molecule has 0 radical (unpaired) electrons. The smallest absolute Gasteiger partial charge is 0.243 e. The summed E-state index contributed by atoms with van der Waals surface area (Å²) in [5.41, 5.74) is 0.